The number of rotatable bonds is 5. The molecule has 94 valence electrons. The van der Waals surface area contributed by atoms with Crippen LogP contribution in [0.3, 0.4) is 0 Å². The van der Waals surface area contributed by atoms with Crippen LogP contribution in [0.25, 0.3) is 0 Å². The van der Waals surface area contributed by atoms with Crippen LogP contribution in [0.5, 0.6) is 11.5 Å². The second kappa shape index (κ2) is 6.59. The highest BCUT2D eigenvalue weighted by Crippen LogP contribution is 2.28. The summed E-state index contributed by atoms with van der Waals surface area (Å²) in [6.45, 7) is 0.806. The lowest BCUT2D eigenvalue weighted by atomic mass is 10.2. The van der Waals surface area contributed by atoms with E-state index in [4.69, 9.17) is 15.2 Å². The van der Waals surface area contributed by atoms with E-state index in [0.717, 1.165) is 0 Å². The van der Waals surface area contributed by atoms with Gasteiger partial charge in [0.15, 0.2) is 0 Å². The molecule has 17 heavy (non-hydrogen) atoms. The molecule has 0 saturated carbocycles. The molecular weight excluding hydrogens is 222 g/mol. The Morgan fingerprint density at radius 1 is 1.35 bits per heavy atom. The van der Waals surface area contributed by atoms with Crippen LogP contribution in [0.4, 0.5) is 10.5 Å². The lowest BCUT2D eigenvalue weighted by molar-refractivity contribution is 0.252. The third-order valence-corrected chi connectivity index (χ3v) is 2.08. The van der Waals surface area contributed by atoms with Gasteiger partial charge in [0.05, 0.1) is 19.9 Å². The molecule has 0 aliphatic carbocycles. The van der Waals surface area contributed by atoms with Gasteiger partial charge in [-0.15, -0.1) is 0 Å². The molecule has 1 aromatic rings. The zero-order valence-corrected chi connectivity index (χ0v) is 9.95. The van der Waals surface area contributed by atoms with Crippen LogP contribution in [0.1, 0.15) is 0 Å². The van der Waals surface area contributed by atoms with Crippen molar-refractivity contribution in [1.29, 1.82) is 0 Å². The quantitative estimate of drug-likeness (QED) is 0.709. The number of nitrogens with one attached hydrogen (secondary N) is 2. The number of ether oxygens (including phenoxy) is 2. The summed E-state index contributed by atoms with van der Waals surface area (Å²) in [7, 11) is 3.09. The topological polar surface area (TPSA) is 85.6 Å². The highest BCUT2D eigenvalue weighted by atomic mass is 16.5. The van der Waals surface area contributed by atoms with Crippen molar-refractivity contribution < 1.29 is 14.3 Å². The maximum atomic E-state index is 11.5. The highest BCUT2D eigenvalue weighted by molar-refractivity contribution is 5.91. The van der Waals surface area contributed by atoms with Crippen LogP contribution in [0.15, 0.2) is 18.2 Å². The first kappa shape index (κ1) is 13.1. The SMILES string of the molecule is COc1ccc(OC)c(NC(=O)NCCN)c1. The number of methoxy groups -OCH3 is 2. The fourth-order valence-corrected chi connectivity index (χ4v) is 1.26. The second-order valence-corrected chi connectivity index (χ2v) is 3.24. The first-order valence-electron chi connectivity index (χ1n) is 5.18. The second-order valence-electron chi connectivity index (χ2n) is 3.24. The Labute approximate surface area is 100 Å². The summed E-state index contributed by atoms with van der Waals surface area (Å²) >= 11 is 0. The van der Waals surface area contributed by atoms with E-state index in [1.165, 1.54) is 7.11 Å². The smallest absolute Gasteiger partial charge is 0.319 e. The summed E-state index contributed by atoms with van der Waals surface area (Å²) in [6.07, 6.45) is 0. The fraction of sp³-hybridized carbons (Fsp3) is 0.364. The Balaban J connectivity index is 2.76. The van der Waals surface area contributed by atoms with Gasteiger partial charge in [0.25, 0.3) is 0 Å². The van der Waals surface area contributed by atoms with Crippen molar-refractivity contribution in [2.75, 3.05) is 32.6 Å². The van der Waals surface area contributed by atoms with E-state index in [-0.39, 0.29) is 6.03 Å². The minimum Gasteiger partial charge on any atom is -0.497 e. The van der Waals surface area contributed by atoms with Crippen molar-refractivity contribution in [3.63, 3.8) is 0 Å². The molecule has 6 heteroatoms. The van der Waals surface area contributed by atoms with Crippen molar-refractivity contribution in [3.05, 3.63) is 18.2 Å². The summed E-state index contributed by atoms with van der Waals surface area (Å²) in [4.78, 5) is 11.5. The number of nitrogens with two attached hydrogens (primary N) is 1. The monoisotopic (exact) mass is 239 g/mol. The largest absolute Gasteiger partial charge is 0.497 e. The molecule has 1 aromatic carbocycles. The molecule has 0 aliphatic heterocycles. The number of hydrogen-bond donors (Lipinski definition) is 3. The van der Waals surface area contributed by atoms with Crippen LogP contribution >= 0.6 is 0 Å². The Morgan fingerprint density at radius 3 is 2.71 bits per heavy atom. The molecule has 0 heterocycles. The van der Waals surface area contributed by atoms with Crippen molar-refractivity contribution in [2.45, 2.75) is 0 Å². The molecule has 0 fully saturated rings. The summed E-state index contributed by atoms with van der Waals surface area (Å²) < 4.78 is 10.2. The predicted octanol–water partition coefficient (Wildman–Crippen LogP) is 0.784. The maximum absolute atomic E-state index is 11.5. The van der Waals surface area contributed by atoms with E-state index >= 15 is 0 Å². The number of hydrogen-bond acceptors (Lipinski definition) is 4. The van der Waals surface area contributed by atoms with Gasteiger partial charge in [-0.05, 0) is 12.1 Å². The van der Waals surface area contributed by atoms with Crippen LogP contribution in [-0.2, 0) is 0 Å². The molecule has 6 nitrogen and oxygen atoms in total. The van der Waals surface area contributed by atoms with Gasteiger partial charge in [0, 0.05) is 19.2 Å². The summed E-state index contributed by atoms with van der Waals surface area (Å²) in [6, 6.07) is 4.82. The number of carbonyl (C=O) groups excluding carboxylic acids is 1. The van der Waals surface area contributed by atoms with Crippen LogP contribution in [-0.4, -0.2) is 33.3 Å². The molecule has 0 bridgehead atoms. The van der Waals surface area contributed by atoms with E-state index in [9.17, 15) is 4.79 Å². The van der Waals surface area contributed by atoms with Crippen LogP contribution in [0, 0.1) is 0 Å². The van der Waals surface area contributed by atoms with Gasteiger partial charge in [-0.3, -0.25) is 0 Å². The molecule has 1 rings (SSSR count). The van der Waals surface area contributed by atoms with Crippen molar-refractivity contribution in [3.8, 4) is 11.5 Å². The lowest BCUT2D eigenvalue weighted by Crippen LogP contribution is -2.32. The Kier molecular flexibility index (Phi) is 5.09. The van der Waals surface area contributed by atoms with Gasteiger partial charge in [-0.2, -0.15) is 0 Å². The molecule has 0 aromatic heterocycles. The Bertz CT molecular complexity index is 382. The molecule has 0 unspecified atom stereocenters. The Hall–Kier alpha value is -1.95. The molecule has 0 spiro atoms. The molecule has 0 saturated heterocycles. The zero-order chi connectivity index (χ0) is 12.7. The van der Waals surface area contributed by atoms with Gasteiger partial charge in [0.2, 0.25) is 0 Å². The summed E-state index contributed by atoms with van der Waals surface area (Å²) in [5.41, 5.74) is 5.83. The predicted molar refractivity (Wildman–Crippen MR) is 65.6 cm³/mol. The maximum Gasteiger partial charge on any atom is 0.319 e. The van der Waals surface area contributed by atoms with Gasteiger partial charge in [0.1, 0.15) is 11.5 Å². The number of anilines is 1. The van der Waals surface area contributed by atoms with Gasteiger partial charge in [-0.25, -0.2) is 4.79 Å². The van der Waals surface area contributed by atoms with Crippen LogP contribution in [0.2, 0.25) is 0 Å². The fourth-order valence-electron chi connectivity index (χ4n) is 1.26. The van der Waals surface area contributed by atoms with E-state index in [2.05, 4.69) is 10.6 Å². The summed E-state index contributed by atoms with van der Waals surface area (Å²) in [5, 5.41) is 5.26. The molecule has 0 atom stereocenters. The first-order valence-corrected chi connectivity index (χ1v) is 5.18. The molecule has 0 aliphatic rings. The molecule has 4 N–H and O–H groups in total. The Morgan fingerprint density at radius 2 is 2.12 bits per heavy atom. The van der Waals surface area contributed by atoms with E-state index < -0.39 is 0 Å². The van der Waals surface area contributed by atoms with Gasteiger partial charge >= 0.3 is 6.03 Å². The number of benzene rings is 1. The van der Waals surface area contributed by atoms with E-state index in [0.29, 0.717) is 30.3 Å². The van der Waals surface area contributed by atoms with Crippen LogP contribution < -0.4 is 25.8 Å². The van der Waals surface area contributed by atoms with Gasteiger partial charge in [-0.1, -0.05) is 0 Å². The third-order valence-electron chi connectivity index (χ3n) is 2.08. The molecule has 2 amide bonds. The van der Waals surface area contributed by atoms with E-state index in [1.54, 1.807) is 25.3 Å². The molecule has 0 radical (unpaired) electrons. The normalized spacial score (nSPS) is 9.59. The summed E-state index contributed by atoms with van der Waals surface area (Å²) in [5.74, 6) is 1.20. The highest BCUT2D eigenvalue weighted by Gasteiger charge is 2.08. The standard InChI is InChI=1S/C11H17N3O3/c1-16-8-3-4-10(17-2)9(7-8)14-11(15)13-6-5-12/h3-4,7H,5-6,12H2,1-2H3,(H2,13,14,15). The van der Waals surface area contributed by atoms with Crippen molar-refractivity contribution >= 4 is 11.7 Å². The number of amides is 2. The number of carbonyl (C=O) groups is 1. The average molecular weight is 239 g/mol. The van der Waals surface area contributed by atoms with E-state index in [1.807, 2.05) is 0 Å². The first-order chi connectivity index (χ1) is 8.21. The minimum absolute atomic E-state index is 0.331. The number of urea groups is 1. The minimum atomic E-state index is -0.331. The third kappa shape index (κ3) is 3.84. The molecular formula is C11H17N3O3. The van der Waals surface area contributed by atoms with Crippen molar-refractivity contribution in [2.24, 2.45) is 5.73 Å². The van der Waals surface area contributed by atoms with Crippen molar-refractivity contribution in [1.82, 2.24) is 5.32 Å². The zero-order valence-electron chi connectivity index (χ0n) is 9.95. The average Bonchev–Trinajstić information content (AvgIpc) is 2.36. The lowest BCUT2D eigenvalue weighted by Gasteiger charge is -2.12. The van der Waals surface area contributed by atoms with Gasteiger partial charge < -0.3 is 25.8 Å².